The fourth-order valence-electron chi connectivity index (χ4n) is 2.77. The number of nitrogens with zero attached hydrogens (tertiary/aromatic N) is 2. The zero-order valence-electron chi connectivity index (χ0n) is 15.8. The number of anilines is 2. The predicted molar refractivity (Wildman–Crippen MR) is 117 cm³/mol. The van der Waals surface area contributed by atoms with Crippen molar-refractivity contribution >= 4 is 38.9 Å². The molecule has 6 nitrogen and oxygen atoms in total. The first-order valence-corrected chi connectivity index (χ1v) is 10.8. The summed E-state index contributed by atoms with van der Waals surface area (Å²) in [6, 6.07) is 23.0. The van der Waals surface area contributed by atoms with Gasteiger partial charge in [0.25, 0.3) is 10.0 Å². The molecule has 0 spiro atoms. The molecular formula is C22H18ClN3O3S. The van der Waals surface area contributed by atoms with Crippen molar-refractivity contribution in [3.05, 3.63) is 89.4 Å². The first-order chi connectivity index (χ1) is 14.4. The summed E-state index contributed by atoms with van der Waals surface area (Å²) in [4.78, 5) is 12.7. The Morgan fingerprint density at radius 2 is 1.60 bits per heavy atom. The molecule has 3 aromatic carbocycles. The van der Waals surface area contributed by atoms with Gasteiger partial charge in [0.1, 0.15) is 6.54 Å². The number of rotatable bonds is 7. The first-order valence-electron chi connectivity index (χ1n) is 8.99. The summed E-state index contributed by atoms with van der Waals surface area (Å²) in [6.45, 7) is -0.418. The van der Waals surface area contributed by atoms with Crippen LogP contribution in [-0.2, 0) is 21.2 Å². The van der Waals surface area contributed by atoms with Crippen LogP contribution >= 0.6 is 11.6 Å². The van der Waals surface area contributed by atoms with Gasteiger partial charge in [-0.2, -0.15) is 5.26 Å². The second-order valence-electron chi connectivity index (χ2n) is 6.38. The number of benzene rings is 3. The molecule has 8 heteroatoms. The van der Waals surface area contributed by atoms with Gasteiger partial charge in [-0.05, 0) is 54.1 Å². The zero-order chi connectivity index (χ0) is 21.6. The van der Waals surface area contributed by atoms with Gasteiger partial charge in [0.15, 0.2) is 0 Å². The van der Waals surface area contributed by atoms with Gasteiger partial charge >= 0.3 is 0 Å². The molecule has 0 aliphatic rings. The minimum absolute atomic E-state index is 0.0774. The molecule has 1 N–H and O–H groups in total. The Morgan fingerprint density at radius 1 is 0.967 bits per heavy atom. The fourth-order valence-corrected chi connectivity index (χ4v) is 4.34. The van der Waals surface area contributed by atoms with Crippen LogP contribution in [0.5, 0.6) is 0 Å². The first kappa shape index (κ1) is 21.4. The quantitative estimate of drug-likeness (QED) is 0.596. The van der Waals surface area contributed by atoms with Gasteiger partial charge in [-0.3, -0.25) is 9.10 Å². The van der Waals surface area contributed by atoms with Crippen molar-refractivity contribution < 1.29 is 13.2 Å². The molecule has 0 saturated heterocycles. The van der Waals surface area contributed by atoms with Crippen LogP contribution < -0.4 is 9.62 Å². The van der Waals surface area contributed by atoms with Crippen LogP contribution in [0.2, 0.25) is 5.02 Å². The van der Waals surface area contributed by atoms with E-state index >= 15 is 0 Å². The van der Waals surface area contributed by atoms with Gasteiger partial charge in [0.2, 0.25) is 5.91 Å². The van der Waals surface area contributed by atoms with E-state index in [-0.39, 0.29) is 11.3 Å². The maximum Gasteiger partial charge on any atom is 0.264 e. The SMILES string of the molecule is N#CCc1ccc(NC(=O)CN(c2ccc(Cl)cc2)S(=O)(=O)c2ccccc2)cc1. The van der Waals surface area contributed by atoms with Crippen LogP contribution in [0.15, 0.2) is 83.8 Å². The minimum Gasteiger partial charge on any atom is -0.325 e. The Morgan fingerprint density at radius 3 is 2.20 bits per heavy atom. The molecule has 0 aliphatic carbocycles. The zero-order valence-corrected chi connectivity index (χ0v) is 17.4. The summed E-state index contributed by atoms with van der Waals surface area (Å²) in [7, 11) is -3.98. The lowest BCUT2D eigenvalue weighted by atomic mass is 10.1. The van der Waals surface area contributed by atoms with Crippen molar-refractivity contribution in [3.63, 3.8) is 0 Å². The topological polar surface area (TPSA) is 90.3 Å². The largest absolute Gasteiger partial charge is 0.325 e. The summed E-state index contributed by atoms with van der Waals surface area (Å²) in [6.07, 6.45) is 0.272. The standard InChI is InChI=1S/C22H18ClN3O3S/c23-18-8-12-20(13-9-18)26(30(28,29)21-4-2-1-3-5-21)16-22(27)25-19-10-6-17(7-11-19)14-15-24/h1-13H,14,16H2,(H,25,27). The molecule has 0 atom stereocenters. The molecule has 0 bridgehead atoms. The Balaban J connectivity index is 1.86. The Kier molecular flexibility index (Phi) is 6.72. The maximum absolute atomic E-state index is 13.2. The lowest BCUT2D eigenvalue weighted by Crippen LogP contribution is -2.38. The van der Waals surface area contributed by atoms with E-state index in [1.807, 2.05) is 0 Å². The Hall–Kier alpha value is -3.34. The molecule has 0 aliphatic heterocycles. The highest BCUT2D eigenvalue weighted by Crippen LogP contribution is 2.25. The Labute approximate surface area is 180 Å². The van der Waals surface area contributed by atoms with Crippen molar-refractivity contribution in [1.29, 1.82) is 5.26 Å². The van der Waals surface area contributed by atoms with E-state index in [0.717, 1.165) is 9.87 Å². The third kappa shape index (κ3) is 5.17. The van der Waals surface area contributed by atoms with E-state index in [9.17, 15) is 13.2 Å². The molecule has 0 unspecified atom stereocenters. The molecule has 0 radical (unpaired) electrons. The molecule has 1 amide bonds. The van der Waals surface area contributed by atoms with Crippen molar-refractivity contribution in [2.24, 2.45) is 0 Å². The van der Waals surface area contributed by atoms with Crippen LogP contribution in [0.25, 0.3) is 0 Å². The van der Waals surface area contributed by atoms with Crippen molar-refractivity contribution in [2.75, 3.05) is 16.2 Å². The second-order valence-corrected chi connectivity index (χ2v) is 8.68. The van der Waals surface area contributed by atoms with E-state index in [4.69, 9.17) is 16.9 Å². The number of halogens is 1. The van der Waals surface area contributed by atoms with E-state index < -0.39 is 22.5 Å². The third-order valence-corrected chi connectivity index (χ3v) is 6.29. The lowest BCUT2D eigenvalue weighted by Gasteiger charge is -2.24. The lowest BCUT2D eigenvalue weighted by molar-refractivity contribution is -0.114. The normalized spacial score (nSPS) is 10.8. The van der Waals surface area contributed by atoms with Crippen LogP contribution in [0.1, 0.15) is 5.56 Å². The summed E-state index contributed by atoms with van der Waals surface area (Å²) < 4.78 is 27.4. The monoisotopic (exact) mass is 439 g/mol. The number of nitriles is 1. The number of hydrogen-bond acceptors (Lipinski definition) is 4. The molecule has 152 valence electrons. The Bertz CT molecular complexity index is 1160. The van der Waals surface area contributed by atoms with Gasteiger partial charge in [-0.15, -0.1) is 0 Å². The number of hydrogen-bond donors (Lipinski definition) is 1. The summed E-state index contributed by atoms with van der Waals surface area (Å²) >= 11 is 5.93. The average Bonchev–Trinajstić information content (AvgIpc) is 2.75. The van der Waals surface area contributed by atoms with Gasteiger partial charge in [-0.1, -0.05) is 41.9 Å². The van der Waals surface area contributed by atoms with Gasteiger partial charge in [0.05, 0.1) is 23.1 Å². The van der Waals surface area contributed by atoms with Crippen molar-refractivity contribution in [3.8, 4) is 6.07 Å². The third-order valence-electron chi connectivity index (χ3n) is 4.25. The smallest absolute Gasteiger partial charge is 0.264 e. The highest BCUT2D eigenvalue weighted by Gasteiger charge is 2.27. The van der Waals surface area contributed by atoms with Crippen molar-refractivity contribution in [1.82, 2.24) is 0 Å². The van der Waals surface area contributed by atoms with Gasteiger partial charge in [-0.25, -0.2) is 8.42 Å². The van der Waals surface area contributed by atoms with Gasteiger partial charge in [0, 0.05) is 10.7 Å². The molecule has 0 heterocycles. The number of carbonyl (C=O) groups excluding carboxylic acids is 1. The molecule has 0 saturated carbocycles. The van der Waals surface area contributed by atoms with Crippen LogP contribution in [0.3, 0.4) is 0 Å². The molecule has 30 heavy (non-hydrogen) atoms. The minimum atomic E-state index is -3.98. The molecule has 3 rings (SSSR count). The summed E-state index contributed by atoms with van der Waals surface area (Å²) in [5, 5.41) is 11.9. The number of carbonyl (C=O) groups is 1. The van der Waals surface area contributed by atoms with E-state index in [1.54, 1.807) is 66.7 Å². The van der Waals surface area contributed by atoms with E-state index in [1.165, 1.54) is 12.1 Å². The molecule has 0 aromatic heterocycles. The predicted octanol–water partition coefficient (Wildman–Crippen LogP) is 4.24. The number of amides is 1. The second kappa shape index (κ2) is 9.44. The fraction of sp³-hybridized carbons (Fsp3) is 0.0909. The van der Waals surface area contributed by atoms with Gasteiger partial charge < -0.3 is 5.32 Å². The van der Waals surface area contributed by atoms with Crippen LogP contribution in [-0.4, -0.2) is 20.9 Å². The summed E-state index contributed by atoms with van der Waals surface area (Å²) in [5.41, 5.74) is 1.66. The molecule has 3 aromatic rings. The average molecular weight is 440 g/mol. The van der Waals surface area contributed by atoms with E-state index in [0.29, 0.717) is 16.4 Å². The van der Waals surface area contributed by atoms with Crippen LogP contribution in [0, 0.1) is 11.3 Å². The number of sulfonamides is 1. The highest BCUT2D eigenvalue weighted by atomic mass is 35.5. The number of nitrogens with one attached hydrogen (secondary N) is 1. The maximum atomic E-state index is 13.2. The highest BCUT2D eigenvalue weighted by molar-refractivity contribution is 7.92. The molecule has 0 fully saturated rings. The molecular weight excluding hydrogens is 422 g/mol. The van der Waals surface area contributed by atoms with Crippen LogP contribution in [0.4, 0.5) is 11.4 Å². The van der Waals surface area contributed by atoms with E-state index in [2.05, 4.69) is 11.4 Å². The van der Waals surface area contributed by atoms with Crippen molar-refractivity contribution in [2.45, 2.75) is 11.3 Å². The summed E-state index contributed by atoms with van der Waals surface area (Å²) in [5.74, 6) is -0.502.